The summed E-state index contributed by atoms with van der Waals surface area (Å²) in [5.74, 6) is -0.169. The van der Waals surface area contributed by atoms with Crippen LogP contribution in [0.25, 0.3) is 0 Å². The van der Waals surface area contributed by atoms with Crippen molar-refractivity contribution in [1.82, 2.24) is 20.0 Å². The number of carbonyl (C=O) groups excluding carboxylic acids is 2. The van der Waals surface area contributed by atoms with Crippen molar-refractivity contribution < 1.29 is 9.59 Å². The zero-order chi connectivity index (χ0) is 15.6. The first-order valence-electron chi connectivity index (χ1n) is 7.27. The van der Waals surface area contributed by atoms with Crippen molar-refractivity contribution in [2.24, 2.45) is 0 Å². The topological polar surface area (TPSA) is 67.2 Å². The Bertz CT molecular complexity index is 555. The van der Waals surface area contributed by atoms with E-state index in [1.165, 1.54) is 0 Å². The van der Waals surface area contributed by atoms with E-state index < -0.39 is 6.04 Å². The van der Waals surface area contributed by atoms with Gasteiger partial charge in [-0.05, 0) is 20.3 Å². The molecule has 0 saturated carbocycles. The molecule has 7 heteroatoms. The van der Waals surface area contributed by atoms with Crippen molar-refractivity contribution in [2.45, 2.75) is 52.7 Å². The van der Waals surface area contributed by atoms with E-state index >= 15 is 0 Å². The maximum absolute atomic E-state index is 12.4. The molecular weight excluding hydrogens is 292 g/mol. The molecule has 1 aromatic rings. The van der Waals surface area contributed by atoms with Crippen molar-refractivity contribution in [3.05, 3.63) is 16.4 Å². The first-order chi connectivity index (χ1) is 9.97. The summed E-state index contributed by atoms with van der Waals surface area (Å²) >= 11 is 6.27. The molecular formula is C14H21ClN4O2. The molecule has 1 N–H and O–H groups in total. The Balaban J connectivity index is 2.21. The third-order valence-electron chi connectivity index (χ3n) is 3.65. The number of nitrogens with zero attached hydrogens (tertiary/aromatic N) is 3. The molecule has 1 aliphatic heterocycles. The summed E-state index contributed by atoms with van der Waals surface area (Å²) in [4.78, 5) is 25.8. The molecule has 0 spiro atoms. The predicted octanol–water partition coefficient (Wildman–Crippen LogP) is 1.49. The molecule has 6 nitrogen and oxygen atoms in total. The normalized spacial score (nSPS) is 19.0. The fourth-order valence-corrected chi connectivity index (χ4v) is 2.79. The SMILES string of the molecule is CCCC1NC(=O)CN(Cc2c(Cl)c(C)nn2CC)C1=O. The first kappa shape index (κ1) is 15.8. The molecule has 0 aliphatic carbocycles. The third kappa shape index (κ3) is 3.20. The summed E-state index contributed by atoms with van der Waals surface area (Å²) in [5.41, 5.74) is 1.53. The Morgan fingerprint density at radius 3 is 2.71 bits per heavy atom. The Kier molecular flexibility index (Phi) is 4.88. The molecule has 1 atom stereocenters. The fourth-order valence-electron chi connectivity index (χ4n) is 2.59. The van der Waals surface area contributed by atoms with E-state index in [2.05, 4.69) is 10.4 Å². The fraction of sp³-hybridized carbons (Fsp3) is 0.643. The second-order valence-corrected chi connectivity index (χ2v) is 5.64. The van der Waals surface area contributed by atoms with Crippen LogP contribution in [0.1, 0.15) is 38.1 Å². The Morgan fingerprint density at radius 2 is 2.10 bits per heavy atom. The van der Waals surface area contributed by atoms with Gasteiger partial charge in [0.1, 0.15) is 12.6 Å². The molecule has 21 heavy (non-hydrogen) atoms. The summed E-state index contributed by atoms with van der Waals surface area (Å²) in [6.45, 7) is 6.86. The summed E-state index contributed by atoms with van der Waals surface area (Å²) in [6.07, 6.45) is 1.50. The smallest absolute Gasteiger partial charge is 0.245 e. The van der Waals surface area contributed by atoms with Gasteiger partial charge in [0.05, 0.1) is 23.0 Å². The molecule has 2 heterocycles. The summed E-state index contributed by atoms with van der Waals surface area (Å²) in [6, 6.07) is -0.422. The van der Waals surface area contributed by atoms with Gasteiger partial charge in [0.2, 0.25) is 11.8 Å². The van der Waals surface area contributed by atoms with Crippen LogP contribution < -0.4 is 5.32 Å². The van der Waals surface area contributed by atoms with Gasteiger partial charge >= 0.3 is 0 Å². The van der Waals surface area contributed by atoms with E-state index in [9.17, 15) is 9.59 Å². The zero-order valence-electron chi connectivity index (χ0n) is 12.6. The highest BCUT2D eigenvalue weighted by atomic mass is 35.5. The molecule has 1 unspecified atom stereocenters. The molecule has 0 bridgehead atoms. The number of hydrogen-bond acceptors (Lipinski definition) is 3. The molecule has 2 amide bonds. The minimum Gasteiger partial charge on any atom is -0.343 e. The largest absolute Gasteiger partial charge is 0.343 e. The van der Waals surface area contributed by atoms with Crippen LogP contribution in [-0.2, 0) is 22.7 Å². The van der Waals surface area contributed by atoms with Crippen LogP contribution in [0.2, 0.25) is 5.02 Å². The Hall–Kier alpha value is -1.56. The minimum absolute atomic E-state index is 0.0472. The van der Waals surface area contributed by atoms with E-state index in [1.807, 2.05) is 20.8 Å². The molecule has 1 aliphatic rings. The minimum atomic E-state index is -0.422. The van der Waals surface area contributed by atoms with Crippen molar-refractivity contribution in [2.75, 3.05) is 6.54 Å². The van der Waals surface area contributed by atoms with Gasteiger partial charge in [-0.15, -0.1) is 0 Å². The van der Waals surface area contributed by atoms with Gasteiger partial charge in [-0.1, -0.05) is 24.9 Å². The second kappa shape index (κ2) is 6.47. The molecule has 1 fully saturated rings. The van der Waals surface area contributed by atoms with Gasteiger partial charge < -0.3 is 10.2 Å². The highest BCUT2D eigenvalue weighted by molar-refractivity contribution is 6.31. The van der Waals surface area contributed by atoms with Crippen LogP contribution in [0.15, 0.2) is 0 Å². The van der Waals surface area contributed by atoms with Crippen molar-refractivity contribution >= 4 is 23.4 Å². The molecule has 2 rings (SSSR count). The lowest BCUT2D eigenvalue weighted by Crippen LogP contribution is -2.57. The van der Waals surface area contributed by atoms with Crippen LogP contribution in [0, 0.1) is 6.92 Å². The van der Waals surface area contributed by atoms with Gasteiger partial charge in [-0.25, -0.2) is 0 Å². The number of piperazine rings is 1. The zero-order valence-corrected chi connectivity index (χ0v) is 13.4. The average Bonchev–Trinajstić information content (AvgIpc) is 2.71. The van der Waals surface area contributed by atoms with Gasteiger partial charge in [-0.3, -0.25) is 14.3 Å². The van der Waals surface area contributed by atoms with Gasteiger partial charge in [0.15, 0.2) is 0 Å². The van der Waals surface area contributed by atoms with Gasteiger partial charge in [0, 0.05) is 6.54 Å². The number of carbonyl (C=O) groups is 2. The highest BCUT2D eigenvalue weighted by Gasteiger charge is 2.33. The van der Waals surface area contributed by atoms with E-state index in [4.69, 9.17) is 11.6 Å². The first-order valence-corrected chi connectivity index (χ1v) is 7.65. The number of nitrogens with one attached hydrogen (secondary N) is 1. The van der Waals surface area contributed by atoms with E-state index in [0.717, 1.165) is 17.8 Å². The lowest BCUT2D eigenvalue weighted by atomic mass is 10.1. The Labute approximate surface area is 129 Å². The quantitative estimate of drug-likeness (QED) is 0.896. The number of halogens is 1. The number of hydrogen-bond donors (Lipinski definition) is 1. The monoisotopic (exact) mass is 312 g/mol. The lowest BCUT2D eigenvalue weighted by Gasteiger charge is -2.32. The average molecular weight is 313 g/mol. The molecule has 0 aromatic carbocycles. The maximum atomic E-state index is 12.4. The van der Waals surface area contributed by atoms with Crippen molar-refractivity contribution in [1.29, 1.82) is 0 Å². The van der Waals surface area contributed by atoms with Crippen LogP contribution in [-0.4, -0.2) is 39.1 Å². The van der Waals surface area contributed by atoms with Crippen molar-refractivity contribution in [3.63, 3.8) is 0 Å². The molecule has 1 saturated heterocycles. The van der Waals surface area contributed by atoms with Crippen molar-refractivity contribution in [3.8, 4) is 0 Å². The predicted molar refractivity (Wildman–Crippen MR) is 79.9 cm³/mol. The standard InChI is InChI=1S/C14H21ClN4O2/c1-4-6-10-14(21)18(8-12(20)16-10)7-11-13(15)9(3)17-19(11)5-2/h10H,4-8H2,1-3H3,(H,16,20). The van der Waals surface area contributed by atoms with Crippen LogP contribution in [0.5, 0.6) is 0 Å². The molecule has 0 radical (unpaired) electrons. The Morgan fingerprint density at radius 1 is 1.38 bits per heavy atom. The molecule has 1 aromatic heterocycles. The van der Waals surface area contributed by atoms with E-state index in [1.54, 1.807) is 9.58 Å². The van der Waals surface area contributed by atoms with Crippen LogP contribution in [0.3, 0.4) is 0 Å². The number of aromatic nitrogens is 2. The van der Waals surface area contributed by atoms with Crippen LogP contribution >= 0.6 is 11.6 Å². The summed E-state index contributed by atoms with van der Waals surface area (Å²) < 4.78 is 1.78. The van der Waals surface area contributed by atoms with Crippen LogP contribution in [0.4, 0.5) is 0 Å². The second-order valence-electron chi connectivity index (χ2n) is 5.26. The van der Waals surface area contributed by atoms with E-state index in [0.29, 0.717) is 24.5 Å². The van der Waals surface area contributed by atoms with Gasteiger partial charge in [-0.2, -0.15) is 5.10 Å². The third-order valence-corrected chi connectivity index (χ3v) is 4.14. The lowest BCUT2D eigenvalue weighted by molar-refractivity contribution is -0.145. The number of amides is 2. The summed E-state index contributed by atoms with van der Waals surface area (Å²) in [7, 11) is 0. The van der Waals surface area contributed by atoms with Gasteiger partial charge in [0.25, 0.3) is 0 Å². The highest BCUT2D eigenvalue weighted by Crippen LogP contribution is 2.23. The maximum Gasteiger partial charge on any atom is 0.245 e. The molecule has 116 valence electrons. The number of aryl methyl sites for hydroxylation is 2. The van der Waals surface area contributed by atoms with E-state index in [-0.39, 0.29) is 18.4 Å². The number of rotatable bonds is 5. The summed E-state index contributed by atoms with van der Waals surface area (Å²) in [5, 5.41) is 7.66.